The van der Waals surface area contributed by atoms with Crippen LogP contribution in [0, 0.1) is 0 Å². The van der Waals surface area contributed by atoms with Gasteiger partial charge in [-0.25, -0.2) is 4.98 Å². The summed E-state index contributed by atoms with van der Waals surface area (Å²) in [5.41, 5.74) is 2.19. The van der Waals surface area contributed by atoms with Crippen LogP contribution in [-0.2, 0) is 6.54 Å². The molecule has 2 heterocycles. The van der Waals surface area contributed by atoms with Gasteiger partial charge in [0.15, 0.2) is 5.69 Å². The fraction of sp³-hybridized carbons (Fsp3) is 0.273. The molecule has 0 saturated carbocycles. The minimum Gasteiger partial charge on any atom is -0.497 e. The number of hydrogen-bond donors (Lipinski definition) is 1. The van der Waals surface area contributed by atoms with Crippen molar-refractivity contribution in [3.63, 3.8) is 0 Å². The van der Waals surface area contributed by atoms with Crippen LogP contribution >= 0.6 is 0 Å². The van der Waals surface area contributed by atoms with E-state index in [1.54, 1.807) is 7.11 Å². The summed E-state index contributed by atoms with van der Waals surface area (Å²) in [6, 6.07) is 17.4. The van der Waals surface area contributed by atoms with E-state index < -0.39 is 0 Å². The van der Waals surface area contributed by atoms with Crippen molar-refractivity contribution in [1.82, 2.24) is 9.88 Å². The van der Waals surface area contributed by atoms with Gasteiger partial charge in [0.05, 0.1) is 13.7 Å². The van der Waals surface area contributed by atoms with E-state index in [4.69, 9.17) is 9.15 Å². The second kappa shape index (κ2) is 8.79. The lowest BCUT2D eigenvalue weighted by atomic mass is 10.2. The normalized spacial score (nSPS) is 14.6. The Balaban J connectivity index is 1.30. The van der Waals surface area contributed by atoms with Crippen molar-refractivity contribution in [3.8, 4) is 5.75 Å². The molecule has 3 aromatic rings. The Labute approximate surface area is 169 Å². The van der Waals surface area contributed by atoms with Gasteiger partial charge in [0.25, 0.3) is 5.91 Å². The van der Waals surface area contributed by atoms with E-state index in [0.29, 0.717) is 18.1 Å². The van der Waals surface area contributed by atoms with Gasteiger partial charge in [0.1, 0.15) is 12.0 Å². The molecule has 4 rings (SSSR count). The summed E-state index contributed by atoms with van der Waals surface area (Å²) in [7, 11) is 1.68. The van der Waals surface area contributed by atoms with Gasteiger partial charge in [-0.05, 0) is 24.3 Å². The van der Waals surface area contributed by atoms with Crippen molar-refractivity contribution in [3.05, 3.63) is 72.4 Å². The highest BCUT2D eigenvalue weighted by molar-refractivity contribution is 6.02. The number of oxazole rings is 1. The molecule has 7 heteroatoms. The van der Waals surface area contributed by atoms with Crippen LogP contribution in [0.4, 0.5) is 11.4 Å². The van der Waals surface area contributed by atoms with Gasteiger partial charge >= 0.3 is 0 Å². The summed E-state index contributed by atoms with van der Waals surface area (Å²) in [5, 5.41) is 2.82. The van der Waals surface area contributed by atoms with Gasteiger partial charge in [0.2, 0.25) is 5.89 Å². The number of nitrogens with zero attached hydrogens (tertiary/aromatic N) is 3. The van der Waals surface area contributed by atoms with Crippen LogP contribution in [-0.4, -0.2) is 49.1 Å². The highest BCUT2D eigenvalue weighted by Gasteiger charge is 2.20. The van der Waals surface area contributed by atoms with Gasteiger partial charge < -0.3 is 19.4 Å². The Morgan fingerprint density at radius 1 is 1.10 bits per heavy atom. The lowest BCUT2D eigenvalue weighted by Crippen LogP contribution is -2.46. The Hall–Kier alpha value is -3.32. The number of para-hydroxylation sites is 1. The quantitative estimate of drug-likeness (QED) is 0.694. The molecule has 2 aromatic carbocycles. The SMILES string of the molecule is COc1cccc(N2CCN(Cc3nc(C(=O)Nc4ccccc4)co3)CC2)c1. The molecule has 1 fully saturated rings. The van der Waals surface area contributed by atoms with E-state index in [9.17, 15) is 4.79 Å². The van der Waals surface area contributed by atoms with E-state index in [1.165, 1.54) is 12.0 Å². The zero-order chi connectivity index (χ0) is 20.1. The Bertz CT molecular complexity index is 949. The number of anilines is 2. The fourth-order valence-electron chi connectivity index (χ4n) is 3.37. The van der Waals surface area contributed by atoms with Crippen molar-refractivity contribution in [2.24, 2.45) is 0 Å². The lowest BCUT2D eigenvalue weighted by molar-refractivity contribution is 0.102. The van der Waals surface area contributed by atoms with Crippen LogP contribution in [0.25, 0.3) is 0 Å². The summed E-state index contributed by atoms with van der Waals surface area (Å²) < 4.78 is 10.8. The van der Waals surface area contributed by atoms with Crippen molar-refractivity contribution < 1.29 is 13.9 Å². The average molecular weight is 392 g/mol. The molecule has 1 aliphatic heterocycles. The molecule has 150 valence electrons. The van der Waals surface area contributed by atoms with E-state index in [2.05, 4.69) is 32.2 Å². The first-order valence-corrected chi connectivity index (χ1v) is 9.63. The van der Waals surface area contributed by atoms with E-state index in [1.807, 2.05) is 42.5 Å². The number of carbonyl (C=O) groups excluding carboxylic acids is 1. The van der Waals surface area contributed by atoms with Gasteiger partial charge in [-0.3, -0.25) is 9.69 Å². The number of benzene rings is 2. The Kier molecular flexibility index (Phi) is 5.76. The maximum atomic E-state index is 12.3. The molecule has 0 aliphatic carbocycles. The first kappa shape index (κ1) is 19.0. The topological polar surface area (TPSA) is 70.8 Å². The van der Waals surface area contributed by atoms with Gasteiger partial charge in [0, 0.05) is 43.6 Å². The second-order valence-corrected chi connectivity index (χ2v) is 6.91. The predicted octanol–water partition coefficient (Wildman–Crippen LogP) is 3.26. The predicted molar refractivity (Wildman–Crippen MR) is 111 cm³/mol. The van der Waals surface area contributed by atoms with Crippen molar-refractivity contribution in [2.45, 2.75) is 6.54 Å². The molecule has 1 amide bonds. The molecular weight excluding hydrogens is 368 g/mol. The van der Waals surface area contributed by atoms with Crippen LogP contribution in [0.2, 0.25) is 0 Å². The van der Waals surface area contributed by atoms with Gasteiger partial charge in [-0.1, -0.05) is 24.3 Å². The van der Waals surface area contributed by atoms with Crippen molar-refractivity contribution in [1.29, 1.82) is 0 Å². The minimum atomic E-state index is -0.269. The maximum Gasteiger partial charge on any atom is 0.277 e. The first-order valence-electron chi connectivity index (χ1n) is 9.63. The van der Waals surface area contributed by atoms with Crippen molar-refractivity contribution >= 4 is 17.3 Å². The molecule has 1 N–H and O–H groups in total. The maximum absolute atomic E-state index is 12.3. The summed E-state index contributed by atoms with van der Waals surface area (Å²) in [4.78, 5) is 21.3. The molecule has 1 saturated heterocycles. The molecular formula is C22H24N4O3. The fourth-order valence-corrected chi connectivity index (χ4v) is 3.37. The number of carbonyl (C=O) groups is 1. The van der Waals surface area contributed by atoms with Crippen LogP contribution in [0.3, 0.4) is 0 Å². The molecule has 1 aromatic heterocycles. The zero-order valence-electron chi connectivity index (χ0n) is 16.4. The van der Waals surface area contributed by atoms with E-state index in [0.717, 1.165) is 37.6 Å². The van der Waals surface area contributed by atoms with Crippen LogP contribution < -0.4 is 15.0 Å². The Morgan fingerprint density at radius 2 is 1.90 bits per heavy atom. The average Bonchev–Trinajstić information content (AvgIpc) is 3.24. The first-order chi connectivity index (χ1) is 14.2. The third-order valence-corrected chi connectivity index (χ3v) is 4.97. The number of methoxy groups -OCH3 is 1. The number of rotatable bonds is 6. The van der Waals surface area contributed by atoms with Crippen molar-refractivity contribution in [2.75, 3.05) is 43.5 Å². The highest BCUT2D eigenvalue weighted by Crippen LogP contribution is 2.22. The lowest BCUT2D eigenvalue weighted by Gasteiger charge is -2.35. The highest BCUT2D eigenvalue weighted by atomic mass is 16.5. The molecule has 29 heavy (non-hydrogen) atoms. The van der Waals surface area contributed by atoms with Gasteiger partial charge in [-0.15, -0.1) is 0 Å². The minimum absolute atomic E-state index is 0.269. The summed E-state index contributed by atoms with van der Waals surface area (Å²) in [6.07, 6.45) is 1.42. The monoisotopic (exact) mass is 392 g/mol. The third kappa shape index (κ3) is 4.75. The molecule has 1 aliphatic rings. The summed E-state index contributed by atoms with van der Waals surface area (Å²) in [5.74, 6) is 1.15. The largest absolute Gasteiger partial charge is 0.497 e. The summed E-state index contributed by atoms with van der Waals surface area (Å²) in [6.45, 7) is 4.20. The molecule has 7 nitrogen and oxygen atoms in total. The molecule has 0 unspecified atom stereocenters. The van der Waals surface area contributed by atoms with Gasteiger partial charge in [-0.2, -0.15) is 0 Å². The molecule has 0 spiro atoms. The zero-order valence-corrected chi connectivity index (χ0v) is 16.4. The van der Waals surface area contributed by atoms with E-state index in [-0.39, 0.29) is 5.91 Å². The number of nitrogens with one attached hydrogen (secondary N) is 1. The van der Waals surface area contributed by atoms with Crippen LogP contribution in [0.5, 0.6) is 5.75 Å². The molecule has 0 atom stereocenters. The number of amides is 1. The smallest absolute Gasteiger partial charge is 0.277 e. The van der Waals surface area contributed by atoms with E-state index >= 15 is 0 Å². The number of hydrogen-bond acceptors (Lipinski definition) is 6. The second-order valence-electron chi connectivity index (χ2n) is 6.91. The van der Waals surface area contributed by atoms with Crippen LogP contribution in [0.15, 0.2) is 65.3 Å². The summed E-state index contributed by atoms with van der Waals surface area (Å²) >= 11 is 0. The standard InChI is InChI=1S/C22H24N4O3/c1-28-19-9-5-8-18(14-19)26-12-10-25(11-13-26)15-21-24-20(16-29-21)22(27)23-17-6-3-2-4-7-17/h2-9,14,16H,10-13,15H2,1H3,(H,23,27). The van der Waals surface area contributed by atoms with Crippen LogP contribution in [0.1, 0.15) is 16.4 Å². The number of ether oxygens (including phenoxy) is 1. The Morgan fingerprint density at radius 3 is 2.66 bits per heavy atom. The number of piperazine rings is 1. The molecule has 0 radical (unpaired) electrons. The molecule has 0 bridgehead atoms. The number of aromatic nitrogens is 1. The third-order valence-electron chi connectivity index (χ3n) is 4.97.